The van der Waals surface area contributed by atoms with Crippen molar-refractivity contribution < 1.29 is 14.3 Å². The average molecular weight is 421 g/mol. The Morgan fingerprint density at radius 3 is 2.63 bits per heavy atom. The van der Waals surface area contributed by atoms with Gasteiger partial charge in [-0.05, 0) is 52.6 Å². The van der Waals surface area contributed by atoms with Crippen LogP contribution in [0, 0.1) is 19.8 Å². The lowest BCUT2D eigenvalue weighted by Crippen LogP contribution is -2.44. The monoisotopic (exact) mass is 420 g/mol. The Balaban J connectivity index is 2.13. The maximum atomic E-state index is 13.3. The van der Waals surface area contributed by atoms with E-state index in [1.54, 1.807) is 6.92 Å². The second kappa shape index (κ2) is 11.5. The number of carbonyl (C=O) groups is 2. The van der Waals surface area contributed by atoms with Gasteiger partial charge in [-0.15, -0.1) is 0 Å². The van der Waals surface area contributed by atoms with Crippen LogP contribution in [-0.2, 0) is 27.3 Å². The van der Waals surface area contributed by atoms with E-state index in [1.807, 2.05) is 23.4 Å². The highest BCUT2D eigenvalue weighted by atomic mass is 16.5. The van der Waals surface area contributed by atoms with Crippen LogP contribution in [-0.4, -0.2) is 70.3 Å². The third-order valence-electron chi connectivity index (χ3n) is 5.98. The van der Waals surface area contributed by atoms with Gasteiger partial charge in [0.25, 0.3) is 0 Å². The number of hydrogen-bond donors (Lipinski definition) is 0. The summed E-state index contributed by atoms with van der Waals surface area (Å²) in [4.78, 5) is 29.5. The number of hydrogen-bond acceptors (Lipinski definition) is 5. The second-order valence-corrected chi connectivity index (χ2v) is 8.72. The van der Waals surface area contributed by atoms with E-state index in [0.29, 0.717) is 38.1 Å². The number of likely N-dealkylation sites (tertiary alicyclic amines) is 1. The summed E-state index contributed by atoms with van der Waals surface area (Å²) in [6.07, 6.45) is 2.83. The Kier molecular flexibility index (Phi) is 9.34. The first-order chi connectivity index (χ1) is 14.3. The molecule has 0 saturated carbocycles. The molecule has 0 aliphatic carbocycles. The summed E-state index contributed by atoms with van der Waals surface area (Å²) < 4.78 is 7.10. The molecule has 1 aliphatic rings. The van der Waals surface area contributed by atoms with Gasteiger partial charge in [-0.25, -0.2) is 0 Å². The fraction of sp³-hybridized carbons (Fsp3) is 0.783. The molecule has 1 aromatic heterocycles. The van der Waals surface area contributed by atoms with Gasteiger partial charge in [-0.2, -0.15) is 5.10 Å². The van der Waals surface area contributed by atoms with Gasteiger partial charge >= 0.3 is 5.97 Å². The molecule has 170 valence electrons. The van der Waals surface area contributed by atoms with Crippen LogP contribution in [0.1, 0.15) is 63.9 Å². The largest absolute Gasteiger partial charge is 0.466 e. The summed E-state index contributed by atoms with van der Waals surface area (Å²) in [6.45, 7) is 16.7. The lowest BCUT2D eigenvalue weighted by Gasteiger charge is -2.30. The SMILES string of the molecule is CCOC(=O)CCN(CC1CCCN1CC)C(=O)Cc1c(C)nn(CC(C)C)c1C. The number of carbonyl (C=O) groups excluding carboxylic acids is 2. The normalized spacial score (nSPS) is 17.0. The number of aryl methyl sites for hydroxylation is 1. The van der Waals surface area contributed by atoms with Gasteiger partial charge in [-0.1, -0.05) is 20.8 Å². The van der Waals surface area contributed by atoms with Crippen molar-refractivity contribution in [3.8, 4) is 0 Å². The van der Waals surface area contributed by atoms with E-state index in [2.05, 4.69) is 30.8 Å². The highest BCUT2D eigenvalue weighted by Crippen LogP contribution is 2.20. The average Bonchev–Trinajstić information content (AvgIpc) is 3.24. The molecule has 7 heteroatoms. The lowest BCUT2D eigenvalue weighted by atomic mass is 10.1. The van der Waals surface area contributed by atoms with Crippen LogP contribution >= 0.6 is 0 Å². The van der Waals surface area contributed by atoms with Crippen molar-refractivity contribution in [3.05, 3.63) is 17.0 Å². The van der Waals surface area contributed by atoms with Crippen LogP contribution in [0.15, 0.2) is 0 Å². The van der Waals surface area contributed by atoms with Crippen LogP contribution in [0.5, 0.6) is 0 Å². The first-order valence-electron chi connectivity index (χ1n) is 11.5. The van der Waals surface area contributed by atoms with Gasteiger partial charge in [-0.3, -0.25) is 19.2 Å². The Hall–Kier alpha value is -1.89. The number of likely N-dealkylation sites (N-methyl/N-ethyl adjacent to an activating group) is 1. The van der Waals surface area contributed by atoms with E-state index in [1.165, 1.54) is 6.42 Å². The van der Waals surface area contributed by atoms with E-state index in [9.17, 15) is 9.59 Å². The molecule has 7 nitrogen and oxygen atoms in total. The highest BCUT2D eigenvalue weighted by Gasteiger charge is 2.28. The fourth-order valence-corrected chi connectivity index (χ4v) is 4.33. The Morgan fingerprint density at radius 2 is 2.00 bits per heavy atom. The Labute approximate surface area is 181 Å². The molecule has 0 N–H and O–H groups in total. The Bertz CT molecular complexity index is 714. The molecule has 1 aliphatic heterocycles. The minimum absolute atomic E-state index is 0.0672. The van der Waals surface area contributed by atoms with Crippen molar-refractivity contribution in [1.82, 2.24) is 19.6 Å². The van der Waals surface area contributed by atoms with Crippen molar-refractivity contribution in [2.75, 3.05) is 32.8 Å². The molecule has 1 unspecified atom stereocenters. The third kappa shape index (κ3) is 6.56. The molecular weight excluding hydrogens is 380 g/mol. The summed E-state index contributed by atoms with van der Waals surface area (Å²) in [5, 5.41) is 4.65. The predicted molar refractivity (Wildman–Crippen MR) is 118 cm³/mol. The van der Waals surface area contributed by atoms with Crippen molar-refractivity contribution >= 4 is 11.9 Å². The zero-order chi connectivity index (χ0) is 22.3. The summed E-state index contributed by atoms with van der Waals surface area (Å²) >= 11 is 0. The number of aromatic nitrogens is 2. The van der Waals surface area contributed by atoms with Gasteiger partial charge in [0.2, 0.25) is 5.91 Å². The minimum atomic E-state index is -0.244. The predicted octanol–water partition coefficient (Wildman–Crippen LogP) is 2.96. The summed E-state index contributed by atoms with van der Waals surface area (Å²) in [6, 6.07) is 0.368. The van der Waals surface area contributed by atoms with Crippen LogP contribution in [0.4, 0.5) is 0 Å². The van der Waals surface area contributed by atoms with E-state index < -0.39 is 0 Å². The molecule has 30 heavy (non-hydrogen) atoms. The molecule has 1 aromatic rings. The molecule has 0 bridgehead atoms. The third-order valence-corrected chi connectivity index (χ3v) is 5.98. The molecule has 2 rings (SSSR count). The lowest BCUT2D eigenvalue weighted by molar-refractivity contribution is -0.144. The molecule has 0 spiro atoms. The Morgan fingerprint density at radius 1 is 1.27 bits per heavy atom. The number of ether oxygens (including phenoxy) is 1. The number of esters is 1. The van der Waals surface area contributed by atoms with Gasteiger partial charge in [0, 0.05) is 36.9 Å². The number of rotatable bonds is 11. The quantitative estimate of drug-likeness (QED) is 0.515. The summed E-state index contributed by atoms with van der Waals surface area (Å²) in [5.41, 5.74) is 3.00. The summed E-state index contributed by atoms with van der Waals surface area (Å²) in [5.74, 6) is 0.318. The van der Waals surface area contributed by atoms with Crippen molar-refractivity contribution in [3.63, 3.8) is 0 Å². The maximum absolute atomic E-state index is 13.3. The molecule has 1 saturated heterocycles. The molecule has 1 fully saturated rings. The smallest absolute Gasteiger partial charge is 0.307 e. The maximum Gasteiger partial charge on any atom is 0.307 e. The van der Waals surface area contributed by atoms with E-state index in [0.717, 1.165) is 43.0 Å². The van der Waals surface area contributed by atoms with E-state index in [4.69, 9.17) is 4.74 Å². The van der Waals surface area contributed by atoms with Gasteiger partial charge in [0.05, 0.1) is 25.1 Å². The van der Waals surface area contributed by atoms with Gasteiger partial charge < -0.3 is 9.64 Å². The minimum Gasteiger partial charge on any atom is -0.466 e. The van der Waals surface area contributed by atoms with Crippen molar-refractivity contribution in [1.29, 1.82) is 0 Å². The van der Waals surface area contributed by atoms with Gasteiger partial charge in [0.15, 0.2) is 0 Å². The first kappa shape index (κ1) is 24.4. The van der Waals surface area contributed by atoms with Crippen molar-refractivity contribution in [2.24, 2.45) is 5.92 Å². The number of amides is 1. The van der Waals surface area contributed by atoms with E-state index >= 15 is 0 Å². The molecule has 1 amide bonds. The molecule has 0 radical (unpaired) electrons. The zero-order valence-electron chi connectivity index (χ0n) is 19.7. The van der Waals surface area contributed by atoms with Crippen LogP contribution in [0.2, 0.25) is 0 Å². The molecule has 1 atom stereocenters. The topological polar surface area (TPSA) is 67.7 Å². The fourth-order valence-electron chi connectivity index (χ4n) is 4.33. The standard InChI is InChI=1S/C23H40N4O3/c1-7-25-12-9-10-20(25)16-26(13-11-23(29)30-8-2)22(28)14-21-18(5)24-27(19(21)6)15-17(3)4/h17,20H,7-16H2,1-6H3. The summed E-state index contributed by atoms with van der Waals surface area (Å²) in [7, 11) is 0. The molecule has 2 heterocycles. The second-order valence-electron chi connectivity index (χ2n) is 8.72. The van der Waals surface area contributed by atoms with Gasteiger partial charge in [0.1, 0.15) is 0 Å². The highest BCUT2D eigenvalue weighted by molar-refractivity contribution is 5.80. The van der Waals surface area contributed by atoms with E-state index in [-0.39, 0.29) is 18.3 Å². The zero-order valence-corrected chi connectivity index (χ0v) is 19.7. The van der Waals surface area contributed by atoms with Crippen LogP contribution in [0.25, 0.3) is 0 Å². The number of nitrogens with zero attached hydrogens (tertiary/aromatic N) is 4. The van der Waals surface area contributed by atoms with Crippen LogP contribution < -0.4 is 0 Å². The molecule has 0 aromatic carbocycles. The first-order valence-corrected chi connectivity index (χ1v) is 11.5. The van der Waals surface area contributed by atoms with Crippen molar-refractivity contribution in [2.45, 2.75) is 79.8 Å². The molecular formula is C23H40N4O3. The van der Waals surface area contributed by atoms with Crippen LogP contribution in [0.3, 0.4) is 0 Å².